The molecule has 2 rings (SSSR count). The molecule has 7 heteroatoms. The molecule has 0 unspecified atom stereocenters. The average molecular weight is 278 g/mol. The fourth-order valence-corrected chi connectivity index (χ4v) is 2.77. The van der Waals surface area contributed by atoms with Crippen LogP contribution in [-0.4, -0.2) is 36.6 Å². The molecule has 1 N–H and O–H groups in total. The van der Waals surface area contributed by atoms with Crippen molar-refractivity contribution in [2.24, 2.45) is 0 Å². The first-order valence-electron chi connectivity index (χ1n) is 5.56. The van der Waals surface area contributed by atoms with Crippen LogP contribution < -0.4 is 5.32 Å². The number of carbonyl (C=O) groups excluding carboxylic acids is 1. The summed E-state index contributed by atoms with van der Waals surface area (Å²) in [6, 6.07) is 1.96. The Kier molecular flexibility index (Phi) is 3.91. The van der Waals surface area contributed by atoms with Gasteiger partial charge in [0, 0.05) is 18.0 Å². The van der Waals surface area contributed by atoms with Crippen molar-refractivity contribution in [2.75, 3.05) is 19.6 Å². The molecule has 1 aliphatic heterocycles. The molecular weight excluding hydrogens is 265 g/mol. The number of hydrogen-bond acceptors (Lipinski definition) is 3. The normalized spacial score (nSPS) is 15.6. The number of alkyl halides is 3. The third kappa shape index (κ3) is 3.46. The Bertz CT molecular complexity index is 430. The number of amides is 1. The molecule has 0 bridgehead atoms. The molecule has 0 aromatic carbocycles. The van der Waals surface area contributed by atoms with E-state index in [4.69, 9.17) is 0 Å². The van der Waals surface area contributed by atoms with Crippen molar-refractivity contribution in [2.45, 2.75) is 19.1 Å². The molecule has 0 fully saturated rings. The van der Waals surface area contributed by atoms with Crippen molar-refractivity contribution in [1.82, 2.24) is 10.2 Å². The van der Waals surface area contributed by atoms with Crippen LogP contribution in [0, 0.1) is 0 Å². The molecule has 1 aromatic rings. The molecule has 0 saturated carbocycles. The van der Waals surface area contributed by atoms with E-state index >= 15 is 0 Å². The summed E-state index contributed by atoms with van der Waals surface area (Å²) in [7, 11) is 0. The standard InChI is InChI=1S/C11H13F3N2OS/c12-11(13,14)7-15-5-10(17)16-3-1-9-8(6-16)2-4-18-9/h2,4,15H,1,3,5-7H2. The van der Waals surface area contributed by atoms with Gasteiger partial charge in [0.15, 0.2) is 0 Å². The summed E-state index contributed by atoms with van der Waals surface area (Å²) in [5, 5.41) is 4.10. The lowest BCUT2D eigenvalue weighted by Gasteiger charge is -2.27. The first kappa shape index (κ1) is 13.4. The van der Waals surface area contributed by atoms with Crippen molar-refractivity contribution in [3.63, 3.8) is 0 Å². The van der Waals surface area contributed by atoms with Gasteiger partial charge in [-0.2, -0.15) is 13.2 Å². The highest BCUT2D eigenvalue weighted by atomic mass is 32.1. The highest BCUT2D eigenvalue weighted by Crippen LogP contribution is 2.23. The summed E-state index contributed by atoms with van der Waals surface area (Å²) in [6.45, 7) is -0.305. The molecule has 1 aliphatic rings. The number of halogens is 3. The summed E-state index contributed by atoms with van der Waals surface area (Å²) in [6.07, 6.45) is -3.49. The van der Waals surface area contributed by atoms with Gasteiger partial charge in [-0.15, -0.1) is 11.3 Å². The summed E-state index contributed by atoms with van der Waals surface area (Å²) >= 11 is 1.66. The SMILES string of the molecule is O=C(CNCC(F)(F)F)N1CCc2sccc2C1. The second-order valence-corrected chi connectivity index (χ2v) is 5.15. The van der Waals surface area contributed by atoms with Gasteiger partial charge < -0.3 is 10.2 Å². The third-order valence-corrected chi connectivity index (χ3v) is 3.79. The Morgan fingerprint density at radius 1 is 1.50 bits per heavy atom. The van der Waals surface area contributed by atoms with E-state index in [1.807, 2.05) is 11.4 Å². The predicted octanol–water partition coefficient (Wildman–Crippen LogP) is 1.78. The molecule has 1 aromatic heterocycles. The van der Waals surface area contributed by atoms with Gasteiger partial charge >= 0.3 is 6.18 Å². The fourth-order valence-electron chi connectivity index (χ4n) is 1.88. The zero-order valence-electron chi connectivity index (χ0n) is 9.59. The highest BCUT2D eigenvalue weighted by molar-refractivity contribution is 7.10. The van der Waals surface area contributed by atoms with Crippen LogP contribution in [0.5, 0.6) is 0 Å². The quantitative estimate of drug-likeness (QED) is 0.914. The Morgan fingerprint density at radius 3 is 3.00 bits per heavy atom. The smallest absolute Gasteiger partial charge is 0.337 e. The maximum atomic E-state index is 11.9. The van der Waals surface area contributed by atoms with Crippen LogP contribution in [-0.2, 0) is 17.8 Å². The van der Waals surface area contributed by atoms with Crippen LogP contribution in [0.25, 0.3) is 0 Å². The molecule has 0 spiro atoms. The number of hydrogen-bond donors (Lipinski definition) is 1. The molecule has 0 radical (unpaired) electrons. The first-order chi connectivity index (χ1) is 8.46. The van der Waals surface area contributed by atoms with Gasteiger partial charge in [-0.1, -0.05) is 0 Å². The number of rotatable bonds is 3. The van der Waals surface area contributed by atoms with Crippen LogP contribution in [0.2, 0.25) is 0 Å². The molecule has 2 heterocycles. The Labute approximate surface area is 107 Å². The van der Waals surface area contributed by atoms with Crippen molar-refractivity contribution >= 4 is 17.2 Å². The Hall–Kier alpha value is -1.08. The zero-order valence-corrected chi connectivity index (χ0v) is 10.4. The van der Waals surface area contributed by atoms with Crippen LogP contribution >= 0.6 is 11.3 Å². The van der Waals surface area contributed by atoms with Gasteiger partial charge in [0.25, 0.3) is 0 Å². The molecule has 0 saturated heterocycles. The summed E-state index contributed by atoms with van der Waals surface area (Å²) < 4.78 is 35.8. The average Bonchev–Trinajstić information content (AvgIpc) is 2.73. The lowest BCUT2D eigenvalue weighted by atomic mass is 10.1. The van der Waals surface area contributed by atoms with E-state index in [2.05, 4.69) is 5.32 Å². The van der Waals surface area contributed by atoms with Gasteiger partial charge in [-0.25, -0.2) is 0 Å². The van der Waals surface area contributed by atoms with Crippen LogP contribution in [0.4, 0.5) is 13.2 Å². The summed E-state index contributed by atoms with van der Waals surface area (Å²) in [4.78, 5) is 14.6. The molecular formula is C11H13F3N2OS. The van der Waals surface area contributed by atoms with E-state index < -0.39 is 12.7 Å². The van der Waals surface area contributed by atoms with Crippen LogP contribution in [0.1, 0.15) is 10.4 Å². The van der Waals surface area contributed by atoms with Gasteiger partial charge in [-0.05, 0) is 23.4 Å². The summed E-state index contributed by atoms with van der Waals surface area (Å²) in [5.41, 5.74) is 1.11. The molecule has 100 valence electrons. The van der Waals surface area contributed by atoms with E-state index in [-0.39, 0.29) is 12.5 Å². The number of carbonyl (C=O) groups is 1. The predicted molar refractivity (Wildman–Crippen MR) is 62.4 cm³/mol. The van der Waals surface area contributed by atoms with Gasteiger partial charge in [0.2, 0.25) is 5.91 Å². The van der Waals surface area contributed by atoms with Crippen molar-refractivity contribution in [3.8, 4) is 0 Å². The molecule has 1 amide bonds. The monoisotopic (exact) mass is 278 g/mol. The lowest BCUT2D eigenvalue weighted by Crippen LogP contribution is -2.42. The fraction of sp³-hybridized carbons (Fsp3) is 0.545. The third-order valence-electron chi connectivity index (χ3n) is 2.76. The Balaban J connectivity index is 1.81. The van der Waals surface area contributed by atoms with Gasteiger partial charge in [0.1, 0.15) is 0 Å². The molecule has 18 heavy (non-hydrogen) atoms. The topological polar surface area (TPSA) is 32.3 Å². The summed E-state index contributed by atoms with van der Waals surface area (Å²) in [5.74, 6) is -0.281. The lowest BCUT2D eigenvalue weighted by molar-refractivity contribution is -0.134. The van der Waals surface area contributed by atoms with Crippen molar-refractivity contribution in [3.05, 3.63) is 21.9 Å². The van der Waals surface area contributed by atoms with Gasteiger partial charge in [0.05, 0.1) is 13.1 Å². The maximum absolute atomic E-state index is 11.9. The van der Waals surface area contributed by atoms with E-state index in [0.29, 0.717) is 13.1 Å². The van der Waals surface area contributed by atoms with Crippen LogP contribution in [0.3, 0.4) is 0 Å². The number of fused-ring (bicyclic) bond motifs is 1. The minimum absolute atomic E-state index is 0.265. The van der Waals surface area contributed by atoms with Gasteiger partial charge in [-0.3, -0.25) is 4.79 Å². The van der Waals surface area contributed by atoms with E-state index in [1.165, 1.54) is 4.88 Å². The second-order valence-electron chi connectivity index (χ2n) is 4.15. The van der Waals surface area contributed by atoms with E-state index in [9.17, 15) is 18.0 Å². The molecule has 3 nitrogen and oxygen atoms in total. The molecule has 0 aliphatic carbocycles. The largest absolute Gasteiger partial charge is 0.401 e. The number of nitrogens with zero attached hydrogens (tertiary/aromatic N) is 1. The molecule has 0 atom stereocenters. The van der Waals surface area contributed by atoms with Crippen molar-refractivity contribution < 1.29 is 18.0 Å². The number of nitrogens with one attached hydrogen (secondary N) is 1. The second kappa shape index (κ2) is 5.27. The minimum atomic E-state index is -4.28. The first-order valence-corrected chi connectivity index (χ1v) is 6.44. The van der Waals surface area contributed by atoms with Crippen LogP contribution in [0.15, 0.2) is 11.4 Å². The zero-order chi connectivity index (χ0) is 13.2. The van der Waals surface area contributed by atoms with E-state index in [0.717, 1.165) is 12.0 Å². The maximum Gasteiger partial charge on any atom is 0.401 e. The minimum Gasteiger partial charge on any atom is -0.337 e. The number of thiophene rings is 1. The van der Waals surface area contributed by atoms with Crippen molar-refractivity contribution in [1.29, 1.82) is 0 Å². The Morgan fingerprint density at radius 2 is 2.28 bits per heavy atom. The van der Waals surface area contributed by atoms with E-state index in [1.54, 1.807) is 16.2 Å². The highest BCUT2D eigenvalue weighted by Gasteiger charge is 2.27.